The minimum atomic E-state index is -1.04. The van der Waals surface area contributed by atoms with Gasteiger partial charge in [0, 0.05) is 11.3 Å². The number of urea groups is 1. The molecule has 0 radical (unpaired) electrons. The Morgan fingerprint density at radius 1 is 0.837 bits per heavy atom. The Kier molecular flexibility index (Phi) is 16.8. The second-order valence-electron chi connectivity index (χ2n) is 11.6. The van der Waals surface area contributed by atoms with E-state index in [9.17, 15) is 14.4 Å². The van der Waals surface area contributed by atoms with Crippen molar-refractivity contribution in [2.24, 2.45) is 0 Å². The van der Waals surface area contributed by atoms with Crippen LogP contribution < -0.4 is 10.1 Å². The highest BCUT2D eigenvalue weighted by molar-refractivity contribution is 6.00. The molecule has 8 heteroatoms. The quantitative estimate of drug-likeness (QED) is 0.118. The van der Waals surface area contributed by atoms with Gasteiger partial charge in [0.1, 0.15) is 11.8 Å². The molecule has 1 unspecified atom stereocenters. The number of aryl methyl sites for hydroxylation is 1. The van der Waals surface area contributed by atoms with E-state index in [0.717, 1.165) is 29.7 Å². The van der Waals surface area contributed by atoms with E-state index in [0.29, 0.717) is 17.0 Å². The minimum Gasteiger partial charge on any atom is -0.491 e. The van der Waals surface area contributed by atoms with Crippen LogP contribution in [0.3, 0.4) is 0 Å². The molecule has 2 rings (SSSR count). The summed E-state index contributed by atoms with van der Waals surface area (Å²) >= 11 is 0. The average molecular weight is 601 g/mol. The van der Waals surface area contributed by atoms with Crippen molar-refractivity contribution in [2.45, 2.75) is 144 Å². The second kappa shape index (κ2) is 20.0. The number of unbranched alkanes of at least 4 members (excludes halogenated alkanes) is 12. The molecule has 1 atom stereocenters. The van der Waals surface area contributed by atoms with Gasteiger partial charge in [-0.3, -0.25) is 0 Å². The Bertz CT molecular complexity index is 1050. The maximum absolute atomic E-state index is 13.3. The van der Waals surface area contributed by atoms with Crippen molar-refractivity contribution < 1.29 is 28.6 Å². The van der Waals surface area contributed by atoms with E-state index in [1.165, 1.54) is 70.6 Å². The number of imide groups is 1. The number of ether oxygens (including phenoxy) is 3. The first-order chi connectivity index (χ1) is 20.8. The molecule has 0 saturated carbocycles. The lowest BCUT2D eigenvalue weighted by molar-refractivity contribution is -0.139. The number of nitrogens with one attached hydrogen (secondary N) is 1. The Labute approximate surface area is 259 Å². The first kappa shape index (κ1) is 36.2. The first-order valence-electron chi connectivity index (χ1n) is 16.7. The summed E-state index contributed by atoms with van der Waals surface area (Å²) in [7, 11) is 0. The number of rotatable bonds is 20. The topological polar surface area (TPSA) is 94.2 Å². The summed E-state index contributed by atoms with van der Waals surface area (Å²) < 4.78 is 16.9. The third kappa shape index (κ3) is 11.5. The van der Waals surface area contributed by atoms with Gasteiger partial charge in [-0.25, -0.2) is 19.3 Å². The van der Waals surface area contributed by atoms with E-state index >= 15 is 0 Å². The SMILES string of the molecule is CCCCCCCCCCCCCCCc1cccc(OC(C)C)c1C1C(C(=O)OCC)=C(C)NC(=O)N1C(=O)OCC. The highest BCUT2D eigenvalue weighted by Crippen LogP contribution is 2.42. The van der Waals surface area contributed by atoms with Gasteiger partial charge in [0.15, 0.2) is 0 Å². The monoisotopic (exact) mass is 600 g/mol. The second-order valence-corrected chi connectivity index (χ2v) is 11.6. The molecule has 1 N–H and O–H groups in total. The van der Waals surface area contributed by atoms with Gasteiger partial charge >= 0.3 is 18.1 Å². The van der Waals surface area contributed by atoms with Gasteiger partial charge in [0.05, 0.1) is 24.9 Å². The summed E-state index contributed by atoms with van der Waals surface area (Å²) in [5.74, 6) is -0.0589. The van der Waals surface area contributed by atoms with Gasteiger partial charge in [0.2, 0.25) is 0 Å². The molecule has 8 nitrogen and oxygen atoms in total. The molecule has 242 valence electrons. The van der Waals surface area contributed by atoms with Crippen LogP contribution in [0.2, 0.25) is 0 Å². The van der Waals surface area contributed by atoms with E-state index in [4.69, 9.17) is 14.2 Å². The molecule has 1 aliphatic heterocycles. The van der Waals surface area contributed by atoms with Crippen LogP contribution in [0.1, 0.15) is 142 Å². The van der Waals surface area contributed by atoms with Crippen molar-refractivity contribution in [1.29, 1.82) is 0 Å². The molecule has 0 aliphatic carbocycles. The highest BCUT2D eigenvalue weighted by atomic mass is 16.6. The number of hydrogen-bond donors (Lipinski definition) is 1. The molecule has 1 aromatic rings. The molecule has 0 bridgehead atoms. The fourth-order valence-electron chi connectivity index (χ4n) is 5.68. The van der Waals surface area contributed by atoms with Crippen LogP contribution in [0.25, 0.3) is 0 Å². The molecule has 1 heterocycles. The summed E-state index contributed by atoms with van der Waals surface area (Å²) in [6.45, 7) is 11.4. The summed E-state index contributed by atoms with van der Waals surface area (Å²) in [6.07, 6.45) is 16.2. The van der Waals surface area contributed by atoms with Gasteiger partial charge in [0.25, 0.3) is 0 Å². The number of amides is 3. The Morgan fingerprint density at radius 2 is 1.40 bits per heavy atom. The van der Waals surface area contributed by atoms with Crippen molar-refractivity contribution in [3.8, 4) is 5.75 Å². The van der Waals surface area contributed by atoms with Crippen LogP contribution in [0.4, 0.5) is 9.59 Å². The fraction of sp³-hybridized carbons (Fsp3) is 0.686. The highest BCUT2D eigenvalue weighted by Gasteiger charge is 2.45. The third-order valence-corrected chi connectivity index (χ3v) is 7.75. The smallest absolute Gasteiger partial charge is 0.418 e. The predicted octanol–water partition coefficient (Wildman–Crippen LogP) is 9.17. The summed E-state index contributed by atoms with van der Waals surface area (Å²) in [5, 5.41) is 2.66. The molecule has 0 fully saturated rings. The Balaban J connectivity index is 2.21. The maximum atomic E-state index is 13.3. The van der Waals surface area contributed by atoms with Gasteiger partial charge in [-0.15, -0.1) is 0 Å². The van der Waals surface area contributed by atoms with E-state index < -0.39 is 24.1 Å². The zero-order valence-corrected chi connectivity index (χ0v) is 27.6. The molecule has 1 aromatic carbocycles. The third-order valence-electron chi connectivity index (χ3n) is 7.75. The van der Waals surface area contributed by atoms with Gasteiger partial charge < -0.3 is 19.5 Å². The van der Waals surface area contributed by atoms with E-state index in [-0.39, 0.29) is 24.9 Å². The lowest BCUT2D eigenvalue weighted by Gasteiger charge is -2.37. The van der Waals surface area contributed by atoms with Crippen LogP contribution in [-0.2, 0) is 20.7 Å². The molecule has 0 spiro atoms. The summed E-state index contributed by atoms with van der Waals surface area (Å²) in [6, 6.07) is 4.06. The van der Waals surface area contributed by atoms with Crippen LogP contribution in [0.15, 0.2) is 29.5 Å². The van der Waals surface area contributed by atoms with E-state index in [2.05, 4.69) is 12.2 Å². The van der Waals surface area contributed by atoms with Crippen molar-refractivity contribution in [3.05, 3.63) is 40.6 Å². The normalized spacial score (nSPS) is 15.1. The molecule has 3 amide bonds. The lowest BCUT2D eigenvalue weighted by Crippen LogP contribution is -2.51. The molecular weight excluding hydrogens is 544 g/mol. The Morgan fingerprint density at radius 3 is 1.93 bits per heavy atom. The van der Waals surface area contributed by atoms with Crippen LogP contribution in [-0.4, -0.2) is 42.3 Å². The zero-order chi connectivity index (χ0) is 31.6. The van der Waals surface area contributed by atoms with Gasteiger partial charge in [-0.05, 0) is 59.1 Å². The van der Waals surface area contributed by atoms with Crippen molar-refractivity contribution in [3.63, 3.8) is 0 Å². The molecule has 0 aromatic heterocycles. The van der Waals surface area contributed by atoms with E-state index in [1.54, 1.807) is 20.8 Å². The van der Waals surface area contributed by atoms with Gasteiger partial charge in [-0.2, -0.15) is 0 Å². The standard InChI is InChI=1S/C35H56N2O6/c1-7-10-11-12-13-14-15-16-17-18-19-20-21-23-28-24-22-25-29(43-26(4)5)31(28)32-30(33(38)41-8-2)27(6)36-34(39)37(32)35(40)42-9-3/h22,24-26,32H,7-21,23H2,1-6H3,(H,36,39). The largest absolute Gasteiger partial charge is 0.491 e. The van der Waals surface area contributed by atoms with E-state index in [1.807, 2.05) is 32.0 Å². The molecule has 1 aliphatic rings. The molecule has 0 saturated heterocycles. The van der Waals surface area contributed by atoms with Crippen molar-refractivity contribution >= 4 is 18.1 Å². The number of carbonyl (C=O) groups is 3. The van der Waals surface area contributed by atoms with Crippen LogP contribution >= 0.6 is 0 Å². The van der Waals surface area contributed by atoms with Crippen LogP contribution in [0, 0.1) is 0 Å². The first-order valence-corrected chi connectivity index (χ1v) is 16.7. The number of nitrogens with zero attached hydrogens (tertiary/aromatic N) is 1. The number of hydrogen-bond acceptors (Lipinski definition) is 6. The number of benzene rings is 1. The molecular formula is C35H56N2O6. The van der Waals surface area contributed by atoms with Crippen LogP contribution in [0.5, 0.6) is 5.75 Å². The zero-order valence-electron chi connectivity index (χ0n) is 27.6. The minimum absolute atomic E-state index is 0.0860. The summed E-state index contributed by atoms with van der Waals surface area (Å²) in [4.78, 5) is 40.7. The maximum Gasteiger partial charge on any atom is 0.418 e. The van der Waals surface area contributed by atoms with Gasteiger partial charge in [-0.1, -0.05) is 96.1 Å². The summed E-state index contributed by atoms with van der Waals surface area (Å²) in [5.41, 5.74) is 2.10. The average Bonchev–Trinajstić information content (AvgIpc) is 2.95. The predicted molar refractivity (Wildman–Crippen MR) is 171 cm³/mol. The lowest BCUT2D eigenvalue weighted by atomic mass is 9.88. The Hall–Kier alpha value is -3.03. The van der Waals surface area contributed by atoms with Crippen molar-refractivity contribution in [2.75, 3.05) is 13.2 Å². The number of allylic oxidation sites excluding steroid dienone is 1. The van der Waals surface area contributed by atoms with Crippen molar-refractivity contribution in [1.82, 2.24) is 10.2 Å². The fourth-order valence-corrected chi connectivity index (χ4v) is 5.68. The number of esters is 1. The number of carbonyl (C=O) groups excluding carboxylic acids is 3. The molecule has 43 heavy (non-hydrogen) atoms.